The Morgan fingerprint density at radius 3 is 1.87 bits per heavy atom. The number of ether oxygens (including phenoxy) is 3. The second-order valence-electron chi connectivity index (χ2n) is 12.6. The summed E-state index contributed by atoms with van der Waals surface area (Å²) < 4.78 is 32.0. The van der Waals surface area contributed by atoms with Crippen molar-refractivity contribution in [1.82, 2.24) is 0 Å². The third-order valence-electron chi connectivity index (χ3n) is 8.09. The Kier molecular flexibility index (Phi) is 26.8. The number of unbranched alkanes of at least 4 members (excludes halogenated alkanes) is 13. The average molecular weight is 685 g/mol. The molecule has 1 rings (SSSR count). The van der Waals surface area contributed by atoms with Gasteiger partial charge in [0.05, 0.1) is 18.8 Å². The molecular weight excluding hydrogens is 619 g/mol. The van der Waals surface area contributed by atoms with Crippen LogP contribution in [0.4, 0.5) is 0 Å². The summed E-state index contributed by atoms with van der Waals surface area (Å²) in [6.45, 7) is 3.56. The van der Waals surface area contributed by atoms with Crippen LogP contribution in [-0.4, -0.2) is 53.3 Å². The van der Waals surface area contributed by atoms with Crippen LogP contribution in [0.25, 0.3) is 0 Å². The van der Waals surface area contributed by atoms with E-state index < -0.39 is 32.5 Å². The lowest BCUT2D eigenvalue weighted by molar-refractivity contribution is -0.161. The van der Waals surface area contributed by atoms with E-state index in [9.17, 15) is 14.2 Å². The Hall–Kier alpha value is -1.77. The van der Waals surface area contributed by atoms with Crippen molar-refractivity contribution in [2.75, 3.05) is 13.2 Å². The number of epoxide rings is 1. The second kappa shape index (κ2) is 29.2. The number of phosphoric acid groups is 1. The molecule has 9 nitrogen and oxygen atoms in total. The summed E-state index contributed by atoms with van der Waals surface area (Å²) in [5, 5.41) is 0. The fourth-order valence-electron chi connectivity index (χ4n) is 5.22. The molecule has 1 aliphatic heterocycles. The topological polar surface area (TPSA) is 132 Å². The number of rotatable bonds is 32. The normalized spacial score (nSPS) is 17.2. The van der Waals surface area contributed by atoms with Crippen LogP contribution in [0.2, 0.25) is 0 Å². The van der Waals surface area contributed by atoms with E-state index in [1.165, 1.54) is 70.6 Å². The Bertz CT molecular complexity index is 927. The lowest BCUT2D eigenvalue weighted by atomic mass is 10.1. The molecule has 0 aliphatic carbocycles. The van der Waals surface area contributed by atoms with E-state index in [2.05, 4.69) is 54.8 Å². The molecule has 0 amide bonds. The molecule has 2 unspecified atom stereocenters. The van der Waals surface area contributed by atoms with Gasteiger partial charge in [0.15, 0.2) is 6.10 Å². The van der Waals surface area contributed by atoms with Crippen molar-refractivity contribution < 1.29 is 42.7 Å². The van der Waals surface area contributed by atoms with Crippen molar-refractivity contribution in [1.29, 1.82) is 0 Å². The summed E-state index contributed by atoms with van der Waals surface area (Å²) in [4.78, 5) is 42.7. The number of hydrogen-bond acceptors (Lipinski definition) is 7. The van der Waals surface area contributed by atoms with Gasteiger partial charge < -0.3 is 24.0 Å². The number of carbonyl (C=O) groups excluding carboxylic acids is 2. The van der Waals surface area contributed by atoms with E-state index in [0.29, 0.717) is 12.8 Å². The number of allylic oxidation sites excluding steroid dienone is 5. The summed E-state index contributed by atoms with van der Waals surface area (Å²) in [7, 11) is -4.77. The number of esters is 2. The van der Waals surface area contributed by atoms with Crippen LogP contribution in [0.15, 0.2) is 36.5 Å². The Morgan fingerprint density at radius 2 is 1.23 bits per heavy atom. The van der Waals surface area contributed by atoms with Gasteiger partial charge in [0.2, 0.25) is 0 Å². The molecule has 3 atom stereocenters. The molecule has 2 N–H and O–H groups in total. The number of carbonyl (C=O) groups is 2. The van der Waals surface area contributed by atoms with Crippen LogP contribution in [0.1, 0.15) is 155 Å². The molecule has 272 valence electrons. The molecular formula is C37H65O9P. The van der Waals surface area contributed by atoms with E-state index in [1.54, 1.807) is 0 Å². The van der Waals surface area contributed by atoms with E-state index in [0.717, 1.165) is 44.9 Å². The van der Waals surface area contributed by atoms with E-state index in [-0.39, 0.29) is 31.7 Å². The zero-order chi connectivity index (χ0) is 34.4. The molecule has 0 aromatic heterocycles. The monoisotopic (exact) mass is 684 g/mol. The Morgan fingerprint density at radius 1 is 0.681 bits per heavy atom. The first kappa shape index (κ1) is 43.3. The molecule has 1 fully saturated rings. The SMILES string of the molecule is CCCCC/C=C\C/C=C\C/C=C\CC1OC1CCCC(=O)OC[C@H](COP(=O)(O)O)OC(=O)CCCCCCCCCCCCC. The van der Waals surface area contributed by atoms with Gasteiger partial charge in [-0.15, -0.1) is 0 Å². The second-order valence-corrected chi connectivity index (χ2v) is 13.8. The summed E-state index contributed by atoms with van der Waals surface area (Å²) in [5.41, 5.74) is 0. The van der Waals surface area contributed by atoms with E-state index >= 15 is 0 Å². The smallest absolute Gasteiger partial charge is 0.462 e. The molecule has 0 saturated carbocycles. The number of phosphoric ester groups is 1. The quantitative estimate of drug-likeness (QED) is 0.0234. The van der Waals surface area contributed by atoms with Crippen molar-refractivity contribution in [3.05, 3.63) is 36.5 Å². The average Bonchev–Trinajstić information content (AvgIpc) is 3.79. The summed E-state index contributed by atoms with van der Waals surface area (Å²) >= 11 is 0. The zero-order valence-electron chi connectivity index (χ0n) is 29.4. The first-order valence-corrected chi connectivity index (χ1v) is 19.9. The van der Waals surface area contributed by atoms with Crippen LogP contribution >= 0.6 is 7.82 Å². The van der Waals surface area contributed by atoms with E-state index in [1.807, 2.05) is 0 Å². The van der Waals surface area contributed by atoms with Crippen molar-refractivity contribution in [2.24, 2.45) is 0 Å². The highest BCUT2D eigenvalue weighted by atomic mass is 31.2. The molecule has 0 spiro atoms. The van der Waals surface area contributed by atoms with Gasteiger partial charge in [0, 0.05) is 12.8 Å². The third kappa shape index (κ3) is 28.9. The molecule has 1 aliphatic rings. The molecule has 1 heterocycles. The summed E-state index contributed by atoms with van der Waals surface area (Å²) in [6.07, 6.45) is 34.6. The van der Waals surface area contributed by atoms with Gasteiger partial charge in [-0.1, -0.05) is 127 Å². The molecule has 47 heavy (non-hydrogen) atoms. The summed E-state index contributed by atoms with van der Waals surface area (Å²) in [5.74, 6) is -0.962. The van der Waals surface area contributed by atoms with Gasteiger partial charge in [0.25, 0.3) is 0 Å². The van der Waals surface area contributed by atoms with Gasteiger partial charge in [-0.25, -0.2) is 4.57 Å². The molecule has 1 saturated heterocycles. The van der Waals surface area contributed by atoms with Crippen LogP contribution in [0.5, 0.6) is 0 Å². The maximum atomic E-state index is 12.3. The van der Waals surface area contributed by atoms with Gasteiger partial charge in [-0.05, 0) is 51.4 Å². The zero-order valence-corrected chi connectivity index (χ0v) is 30.3. The lowest BCUT2D eigenvalue weighted by Crippen LogP contribution is -2.29. The standard InChI is InChI=1S/C37H65O9P/c1-3-5-7-9-11-13-15-17-18-20-22-24-27-34-35(46-34)28-26-30-36(38)43-31-33(32-44-47(40,41)42)45-37(39)29-25-23-21-19-16-14-12-10-8-6-4-2/h11,13,17-18,22,24,33-35H,3-10,12,14-16,19-21,23,25-32H2,1-2H3,(H2,40,41,42)/b13-11-,18-17-,24-22-/t33-,34?,35?/m1/s1. The minimum atomic E-state index is -4.77. The maximum absolute atomic E-state index is 12.3. The Labute approximate surface area is 285 Å². The van der Waals surface area contributed by atoms with Gasteiger partial charge in [0.1, 0.15) is 6.61 Å². The first-order chi connectivity index (χ1) is 22.7. The summed E-state index contributed by atoms with van der Waals surface area (Å²) in [6, 6.07) is 0. The van der Waals surface area contributed by atoms with Gasteiger partial charge in [-0.2, -0.15) is 0 Å². The van der Waals surface area contributed by atoms with Crippen molar-refractivity contribution >= 4 is 19.8 Å². The predicted molar refractivity (Wildman–Crippen MR) is 188 cm³/mol. The molecule has 0 bridgehead atoms. The predicted octanol–water partition coefficient (Wildman–Crippen LogP) is 9.61. The third-order valence-corrected chi connectivity index (χ3v) is 8.57. The molecule has 10 heteroatoms. The lowest BCUT2D eigenvalue weighted by Gasteiger charge is -2.18. The largest absolute Gasteiger partial charge is 0.469 e. The van der Waals surface area contributed by atoms with Crippen LogP contribution in [0.3, 0.4) is 0 Å². The minimum absolute atomic E-state index is 0.141. The van der Waals surface area contributed by atoms with Crippen molar-refractivity contribution in [3.63, 3.8) is 0 Å². The van der Waals surface area contributed by atoms with E-state index in [4.69, 9.17) is 24.0 Å². The molecule has 0 aromatic rings. The highest BCUT2D eigenvalue weighted by Crippen LogP contribution is 2.36. The van der Waals surface area contributed by atoms with Gasteiger partial charge in [-0.3, -0.25) is 14.1 Å². The molecule has 0 aromatic carbocycles. The fraction of sp³-hybridized carbons (Fsp3) is 0.784. The van der Waals surface area contributed by atoms with Crippen molar-refractivity contribution in [3.8, 4) is 0 Å². The number of hydrogen-bond donors (Lipinski definition) is 2. The highest BCUT2D eigenvalue weighted by molar-refractivity contribution is 7.46. The minimum Gasteiger partial charge on any atom is -0.462 e. The molecule has 0 radical (unpaired) electrons. The van der Waals surface area contributed by atoms with Crippen LogP contribution < -0.4 is 0 Å². The van der Waals surface area contributed by atoms with Crippen LogP contribution in [0, 0.1) is 0 Å². The van der Waals surface area contributed by atoms with Crippen molar-refractivity contribution in [2.45, 2.75) is 173 Å². The highest BCUT2D eigenvalue weighted by Gasteiger charge is 2.36. The van der Waals surface area contributed by atoms with Crippen LogP contribution in [-0.2, 0) is 32.9 Å². The Balaban J connectivity index is 2.16. The maximum Gasteiger partial charge on any atom is 0.469 e. The van der Waals surface area contributed by atoms with Gasteiger partial charge >= 0.3 is 19.8 Å². The first-order valence-electron chi connectivity index (χ1n) is 18.4. The fourth-order valence-corrected chi connectivity index (χ4v) is 5.58.